The van der Waals surface area contributed by atoms with E-state index in [0.29, 0.717) is 25.1 Å². The molecule has 0 spiro atoms. The first-order valence-electron chi connectivity index (χ1n) is 13.7. The molecule has 1 aliphatic heterocycles. The van der Waals surface area contributed by atoms with E-state index < -0.39 is 5.95 Å². The SMILES string of the molecule is COCCCn1c(C2CCCN(C(=O)CC(N)Cc3ccc(-c4cccnc4F)cc3)C2)nc2ccccc21. The van der Waals surface area contributed by atoms with Crippen LogP contribution in [0.15, 0.2) is 66.9 Å². The Morgan fingerprint density at radius 3 is 2.77 bits per heavy atom. The van der Waals surface area contributed by atoms with Crippen LogP contribution in [0.2, 0.25) is 0 Å². The van der Waals surface area contributed by atoms with Crippen molar-refractivity contribution in [1.29, 1.82) is 0 Å². The van der Waals surface area contributed by atoms with E-state index in [1.165, 1.54) is 6.20 Å². The molecule has 2 aromatic carbocycles. The fraction of sp³-hybridized carbons (Fsp3) is 0.387. The highest BCUT2D eigenvalue weighted by Crippen LogP contribution is 2.30. The molecular weight excluding hydrogens is 493 g/mol. The van der Waals surface area contributed by atoms with Crippen molar-refractivity contribution in [1.82, 2.24) is 19.4 Å². The van der Waals surface area contributed by atoms with E-state index in [2.05, 4.69) is 21.7 Å². The third-order valence-electron chi connectivity index (χ3n) is 7.51. The van der Waals surface area contributed by atoms with Crippen molar-refractivity contribution in [2.24, 2.45) is 5.73 Å². The quantitative estimate of drug-likeness (QED) is 0.232. The minimum atomic E-state index is -0.488. The van der Waals surface area contributed by atoms with Crippen molar-refractivity contribution >= 4 is 16.9 Å². The number of carbonyl (C=O) groups is 1. The van der Waals surface area contributed by atoms with Crippen LogP contribution < -0.4 is 5.73 Å². The van der Waals surface area contributed by atoms with Gasteiger partial charge in [-0.1, -0.05) is 36.4 Å². The highest BCUT2D eigenvalue weighted by atomic mass is 19.1. The number of pyridine rings is 1. The molecule has 4 aromatic rings. The number of carbonyl (C=O) groups excluding carboxylic acids is 1. The molecule has 3 heterocycles. The number of nitrogens with zero attached hydrogens (tertiary/aromatic N) is 4. The minimum absolute atomic E-state index is 0.0864. The van der Waals surface area contributed by atoms with Crippen LogP contribution in [0.25, 0.3) is 22.2 Å². The van der Waals surface area contributed by atoms with Crippen LogP contribution in [0, 0.1) is 5.95 Å². The number of fused-ring (bicyclic) bond motifs is 1. The van der Waals surface area contributed by atoms with Crippen LogP contribution in [0.1, 0.15) is 43.0 Å². The Labute approximate surface area is 228 Å². The van der Waals surface area contributed by atoms with Gasteiger partial charge in [-0.05, 0) is 61.1 Å². The van der Waals surface area contributed by atoms with Crippen LogP contribution in [0.4, 0.5) is 4.39 Å². The highest BCUT2D eigenvalue weighted by Gasteiger charge is 2.29. The summed E-state index contributed by atoms with van der Waals surface area (Å²) in [6.07, 6.45) is 5.16. The van der Waals surface area contributed by atoms with Crippen LogP contribution in [0.3, 0.4) is 0 Å². The lowest BCUT2D eigenvalue weighted by atomic mass is 9.95. The van der Waals surface area contributed by atoms with Gasteiger partial charge in [-0.2, -0.15) is 4.39 Å². The van der Waals surface area contributed by atoms with E-state index in [1.54, 1.807) is 19.2 Å². The van der Waals surface area contributed by atoms with Gasteiger partial charge >= 0.3 is 0 Å². The summed E-state index contributed by atoms with van der Waals surface area (Å²) in [4.78, 5) is 23.9. The maximum absolute atomic E-state index is 14.0. The number of imidazole rings is 1. The van der Waals surface area contributed by atoms with Gasteiger partial charge in [0, 0.05) is 63.5 Å². The zero-order valence-electron chi connectivity index (χ0n) is 22.4. The second-order valence-corrected chi connectivity index (χ2v) is 10.3. The average Bonchev–Trinajstić information content (AvgIpc) is 3.33. The Morgan fingerprint density at radius 2 is 1.97 bits per heavy atom. The zero-order valence-corrected chi connectivity index (χ0v) is 22.4. The van der Waals surface area contributed by atoms with Gasteiger partial charge in [0.25, 0.3) is 0 Å². The summed E-state index contributed by atoms with van der Waals surface area (Å²) in [6.45, 7) is 2.94. The molecule has 0 bridgehead atoms. The normalized spacial score (nSPS) is 16.5. The molecule has 0 aliphatic carbocycles. The maximum atomic E-state index is 14.0. The van der Waals surface area contributed by atoms with E-state index in [4.69, 9.17) is 15.5 Å². The molecule has 1 saturated heterocycles. The molecule has 2 aromatic heterocycles. The van der Waals surface area contributed by atoms with Gasteiger partial charge in [-0.3, -0.25) is 4.79 Å². The van der Waals surface area contributed by atoms with Crippen molar-refractivity contribution in [3.05, 3.63) is 84.2 Å². The number of ether oxygens (including phenoxy) is 1. The number of benzene rings is 2. The Morgan fingerprint density at radius 1 is 1.15 bits per heavy atom. The number of para-hydroxylation sites is 2. The smallest absolute Gasteiger partial charge is 0.224 e. The predicted octanol–water partition coefficient (Wildman–Crippen LogP) is 4.94. The summed E-state index contributed by atoms with van der Waals surface area (Å²) in [7, 11) is 1.72. The number of likely N-dealkylation sites (tertiary alicyclic amines) is 1. The molecule has 1 amide bonds. The Balaban J connectivity index is 1.21. The molecule has 204 valence electrons. The second kappa shape index (κ2) is 12.5. The molecule has 7 nitrogen and oxygen atoms in total. The first kappa shape index (κ1) is 27.0. The van der Waals surface area contributed by atoms with Crippen molar-refractivity contribution in [2.45, 2.75) is 50.6 Å². The third-order valence-corrected chi connectivity index (χ3v) is 7.51. The van der Waals surface area contributed by atoms with Gasteiger partial charge in [0.05, 0.1) is 11.0 Å². The van der Waals surface area contributed by atoms with E-state index in [0.717, 1.165) is 60.3 Å². The molecule has 2 atom stereocenters. The number of aryl methyl sites for hydroxylation is 1. The minimum Gasteiger partial charge on any atom is -0.385 e. The fourth-order valence-electron chi connectivity index (χ4n) is 5.57. The topological polar surface area (TPSA) is 86.3 Å². The number of rotatable bonds is 10. The van der Waals surface area contributed by atoms with E-state index in [9.17, 15) is 9.18 Å². The summed E-state index contributed by atoms with van der Waals surface area (Å²) in [5.41, 5.74) is 10.8. The number of hydrogen-bond donors (Lipinski definition) is 1. The zero-order chi connectivity index (χ0) is 27.2. The number of methoxy groups -OCH3 is 1. The Bertz CT molecular complexity index is 1400. The van der Waals surface area contributed by atoms with Crippen LogP contribution in [-0.4, -0.2) is 58.2 Å². The van der Waals surface area contributed by atoms with Crippen molar-refractivity contribution < 1.29 is 13.9 Å². The Hall–Kier alpha value is -3.62. The molecule has 2 unspecified atom stereocenters. The first-order valence-corrected chi connectivity index (χ1v) is 13.7. The molecule has 0 saturated carbocycles. The summed E-state index contributed by atoms with van der Waals surface area (Å²) in [5, 5.41) is 0. The van der Waals surface area contributed by atoms with Crippen molar-refractivity contribution in [2.75, 3.05) is 26.8 Å². The largest absolute Gasteiger partial charge is 0.385 e. The van der Waals surface area contributed by atoms with Gasteiger partial charge in [0.2, 0.25) is 11.9 Å². The summed E-state index contributed by atoms with van der Waals surface area (Å²) in [6, 6.07) is 19.0. The molecular formula is C31H36FN5O2. The van der Waals surface area contributed by atoms with E-state index >= 15 is 0 Å². The standard InChI is InChI=1S/C31H36FN5O2/c1-39-18-6-17-37-28-10-3-2-9-27(28)35-31(37)24-7-5-16-36(21-24)29(38)20-25(33)19-22-11-13-23(14-12-22)26-8-4-15-34-30(26)32/h2-4,8-15,24-25H,5-7,16-21,33H2,1H3. The fourth-order valence-corrected chi connectivity index (χ4v) is 5.57. The Kier molecular flexibility index (Phi) is 8.64. The molecule has 2 N–H and O–H groups in total. The highest BCUT2D eigenvalue weighted by molar-refractivity contribution is 5.78. The summed E-state index contributed by atoms with van der Waals surface area (Å²) >= 11 is 0. The van der Waals surface area contributed by atoms with Crippen LogP contribution >= 0.6 is 0 Å². The number of amides is 1. The number of halogens is 1. The molecule has 39 heavy (non-hydrogen) atoms. The molecule has 1 fully saturated rings. The van der Waals surface area contributed by atoms with Crippen molar-refractivity contribution in [3.8, 4) is 11.1 Å². The molecule has 5 rings (SSSR count). The third kappa shape index (κ3) is 6.34. The lowest BCUT2D eigenvalue weighted by molar-refractivity contribution is -0.132. The molecule has 1 aliphatic rings. The van der Waals surface area contributed by atoms with E-state index in [1.807, 2.05) is 41.3 Å². The lowest BCUT2D eigenvalue weighted by Crippen LogP contribution is -2.42. The second-order valence-electron chi connectivity index (χ2n) is 10.3. The summed E-state index contributed by atoms with van der Waals surface area (Å²) in [5.74, 6) is 0.842. The van der Waals surface area contributed by atoms with Gasteiger partial charge in [-0.15, -0.1) is 0 Å². The monoisotopic (exact) mass is 529 g/mol. The van der Waals surface area contributed by atoms with Gasteiger partial charge in [-0.25, -0.2) is 9.97 Å². The maximum Gasteiger partial charge on any atom is 0.224 e. The van der Waals surface area contributed by atoms with Crippen molar-refractivity contribution in [3.63, 3.8) is 0 Å². The number of piperidine rings is 1. The van der Waals surface area contributed by atoms with Crippen LogP contribution in [-0.2, 0) is 22.5 Å². The van der Waals surface area contributed by atoms with Gasteiger partial charge in [0.1, 0.15) is 5.82 Å². The predicted molar refractivity (Wildman–Crippen MR) is 151 cm³/mol. The van der Waals surface area contributed by atoms with Crippen LogP contribution in [0.5, 0.6) is 0 Å². The molecule has 0 radical (unpaired) electrons. The summed E-state index contributed by atoms with van der Waals surface area (Å²) < 4.78 is 21.6. The number of aromatic nitrogens is 3. The molecule has 8 heteroatoms. The van der Waals surface area contributed by atoms with Gasteiger partial charge < -0.3 is 19.9 Å². The first-order chi connectivity index (χ1) is 19.0. The van der Waals surface area contributed by atoms with Gasteiger partial charge in [0.15, 0.2) is 0 Å². The number of nitrogens with two attached hydrogens (primary N) is 1. The number of hydrogen-bond acceptors (Lipinski definition) is 5. The average molecular weight is 530 g/mol. The van der Waals surface area contributed by atoms with E-state index in [-0.39, 0.29) is 24.3 Å². The lowest BCUT2D eigenvalue weighted by Gasteiger charge is -2.33.